The van der Waals surface area contributed by atoms with Gasteiger partial charge in [-0.2, -0.15) is 0 Å². The van der Waals surface area contributed by atoms with Gasteiger partial charge in [0.15, 0.2) is 0 Å². The fourth-order valence-corrected chi connectivity index (χ4v) is 4.05. The van der Waals surface area contributed by atoms with Crippen molar-refractivity contribution in [3.8, 4) is 0 Å². The molecule has 168 valence electrons. The van der Waals surface area contributed by atoms with Gasteiger partial charge in [0.1, 0.15) is 5.70 Å². The molecule has 2 aliphatic heterocycles. The van der Waals surface area contributed by atoms with E-state index in [-0.39, 0.29) is 42.8 Å². The SMILES string of the molecule is CCC(=O)N1CCN(c2ccc(NC3=C(C(=O)OC)CN(CCO)C3=O)cc2Cl)CC1. The third kappa shape index (κ3) is 4.94. The largest absolute Gasteiger partial charge is 0.466 e. The molecular formula is C21H27ClN4O5. The number of anilines is 2. The zero-order valence-electron chi connectivity index (χ0n) is 17.7. The van der Waals surface area contributed by atoms with Crippen molar-refractivity contribution >= 4 is 40.8 Å². The van der Waals surface area contributed by atoms with Crippen LogP contribution in [-0.4, -0.2) is 85.7 Å². The number of aliphatic hydroxyl groups is 1. The topological polar surface area (TPSA) is 102 Å². The molecule has 0 radical (unpaired) electrons. The number of hydrogen-bond acceptors (Lipinski definition) is 7. The number of carbonyl (C=O) groups is 3. The minimum absolute atomic E-state index is 0.0704. The number of rotatable bonds is 7. The maximum atomic E-state index is 12.7. The van der Waals surface area contributed by atoms with Crippen molar-refractivity contribution in [2.45, 2.75) is 13.3 Å². The van der Waals surface area contributed by atoms with E-state index in [0.29, 0.717) is 43.3 Å². The lowest BCUT2D eigenvalue weighted by atomic mass is 10.2. The lowest BCUT2D eigenvalue weighted by Crippen LogP contribution is -2.48. The van der Waals surface area contributed by atoms with E-state index in [9.17, 15) is 14.4 Å². The molecule has 0 unspecified atom stereocenters. The van der Waals surface area contributed by atoms with E-state index in [2.05, 4.69) is 10.2 Å². The van der Waals surface area contributed by atoms with Gasteiger partial charge >= 0.3 is 5.97 Å². The van der Waals surface area contributed by atoms with Crippen LogP contribution >= 0.6 is 11.6 Å². The van der Waals surface area contributed by atoms with Crippen LogP contribution in [0.2, 0.25) is 5.02 Å². The first-order valence-corrected chi connectivity index (χ1v) is 10.6. The average molecular weight is 451 g/mol. The Morgan fingerprint density at radius 3 is 2.52 bits per heavy atom. The highest BCUT2D eigenvalue weighted by Crippen LogP contribution is 2.31. The summed E-state index contributed by atoms with van der Waals surface area (Å²) in [5.74, 6) is -0.832. The number of nitrogens with one attached hydrogen (secondary N) is 1. The van der Waals surface area contributed by atoms with Crippen LogP contribution in [0.15, 0.2) is 29.5 Å². The first-order chi connectivity index (χ1) is 14.9. The molecule has 0 aromatic heterocycles. The van der Waals surface area contributed by atoms with Gasteiger partial charge < -0.3 is 29.9 Å². The molecule has 1 saturated heterocycles. The van der Waals surface area contributed by atoms with Gasteiger partial charge in [-0.1, -0.05) is 18.5 Å². The lowest BCUT2D eigenvalue weighted by Gasteiger charge is -2.36. The highest BCUT2D eigenvalue weighted by molar-refractivity contribution is 6.33. The number of aliphatic hydroxyl groups excluding tert-OH is 1. The Morgan fingerprint density at radius 1 is 1.23 bits per heavy atom. The zero-order valence-corrected chi connectivity index (χ0v) is 18.4. The fraction of sp³-hybridized carbons (Fsp3) is 0.476. The molecule has 10 heteroatoms. The van der Waals surface area contributed by atoms with Crippen molar-refractivity contribution in [1.29, 1.82) is 0 Å². The molecule has 1 fully saturated rings. The molecule has 0 bridgehead atoms. The summed E-state index contributed by atoms with van der Waals surface area (Å²) in [4.78, 5) is 42.0. The Balaban J connectivity index is 1.74. The van der Waals surface area contributed by atoms with Crippen molar-refractivity contribution < 1.29 is 24.2 Å². The Kier molecular flexibility index (Phi) is 7.40. The summed E-state index contributed by atoms with van der Waals surface area (Å²) in [6.07, 6.45) is 0.499. The number of piperazine rings is 1. The van der Waals surface area contributed by atoms with Crippen LogP contribution in [0.5, 0.6) is 0 Å². The summed E-state index contributed by atoms with van der Waals surface area (Å²) in [5, 5.41) is 12.7. The van der Waals surface area contributed by atoms with Crippen molar-refractivity contribution in [3.63, 3.8) is 0 Å². The van der Waals surface area contributed by atoms with E-state index in [1.807, 2.05) is 17.9 Å². The Bertz CT molecular complexity index is 896. The summed E-state index contributed by atoms with van der Waals surface area (Å²) in [7, 11) is 1.26. The van der Waals surface area contributed by atoms with Crippen LogP contribution in [0.1, 0.15) is 13.3 Å². The first kappa shape index (κ1) is 22.9. The van der Waals surface area contributed by atoms with Crippen LogP contribution in [0.4, 0.5) is 11.4 Å². The van der Waals surface area contributed by atoms with Gasteiger partial charge in [-0.05, 0) is 18.2 Å². The van der Waals surface area contributed by atoms with E-state index in [1.54, 1.807) is 12.1 Å². The molecular weight excluding hydrogens is 424 g/mol. The van der Waals surface area contributed by atoms with Crippen molar-refractivity contribution in [2.75, 3.05) is 63.2 Å². The van der Waals surface area contributed by atoms with E-state index < -0.39 is 5.97 Å². The quantitative estimate of drug-likeness (QED) is 0.599. The Morgan fingerprint density at radius 2 is 1.94 bits per heavy atom. The van der Waals surface area contributed by atoms with E-state index >= 15 is 0 Å². The van der Waals surface area contributed by atoms with Gasteiger partial charge in [0.25, 0.3) is 5.91 Å². The maximum absolute atomic E-state index is 12.7. The summed E-state index contributed by atoms with van der Waals surface area (Å²) in [6, 6.07) is 5.34. The van der Waals surface area contributed by atoms with Crippen LogP contribution in [-0.2, 0) is 19.1 Å². The van der Waals surface area contributed by atoms with Crippen LogP contribution in [0, 0.1) is 0 Å². The molecule has 31 heavy (non-hydrogen) atoms. The molecule has 2 N–H and O–H groups in total. The number of methoxy groups -OCH3 is 1. The molecule has 2 aliphatic rings. The van der Waals surface area contributed by atoms with E-state index in [1.165, 1.54) is 12.0 Å². The molecule has 0 aliphatic carbocycles. The molecule has 9 nitrogen and oxygen atoms in total. The Hall–Kier alpha value is -2.78. The average Bonchev–Trinajstić information content (AvgIpc) is 3.08. The van der Waals surface area contributed by atoms with Crippen molar-refractivity contribution in [1.82, 2.24) is 9.80 Å². The van der Waals surface area contributed by atoms with Gasteiger partial charge in [0, 0.05) is 44.8 Å². The normalized spacial score (nSPS) is 16.8. The van der Waals surface area contributed by atoms with Gasteiger partial charge in [-0.15, -0.1) is 0 Å². The number of amides is 2. The second kappa shape index (κ2) is 10.0. The number of β-amino-alcohol motifs (C(OH)–C–C–N with tert-alkyl or cyclic N) is 1. The molecule has 0 spiro atoms. The minimum atomic E-state index is -0.599. The zero-order chi connectivity index (χ0) is 22.5. The molecule has 0 atom stereocenters. The predicted molar refractivity (Wildman–Crippen MR) is 117 cm³/mol. The number of halogens is 1. The van der Waals surface area contributed by atoms with E-state index in [0.717, 1.165) is 5.69 Å². The van der Waals surface area contributed by atoms with Crippen LogP contribution in [0.3, 0.4) is 0 Å². The number of nitrogens with zero attached hydrogens (tertiary/aromatic N) is 3. The van der Waals surface area contributed by atoms with E-state index in [4.69, 9.17) is 21.4 Å². The lowest BCUT2D eigenvalue weighted by molar-refractivity contribution is -0.136. The Labute approximate surface area is 186 Å². The highest BCUT2D eigenvalue weighted by Gasteiger charge is 2.34. The van der Waals surface area contributed by atoms with Crippen molar-refractivity contribution in [2.24, 2.45) is 0 Å². The summed E-state index contributed by atoms with van der Waals surface area (Å²) in [6.45, 7) is 4.51. The third-order valence-electron chi connectivity index (χ3n) is 5.45. The molecule has 1 aromatic rings. The standard InChI is InChI=1S/C21H27ClN4O5/c1-3-18(28)25-8-6-24(7-9-25)17-5-4-14(12-16(17)22)23-19-15(21(30)31-2)13-26(10-11-27)20(19)29/h4-5,12,23,27H,3,6-11,13H2,1-2H3. The second-order valence-corrected chi connectivity index (χ2v) is 7.72. The monoisotopic (exact) mass is 450 g/mol. The number of esters is 1. The first-order valence-electron chi connectivity index (χ1n) is 10.2. The number of benzene rings is 1. The molecule has 0 saturated carbocycles. The van der Waals surface area contributed by atoms with Gasteiger partial charge in [-0.25, -0.2) is 4.79 Å². The molecule has 1 aromatic carbocycles. The maximum Gasteiger partial charge on any atom is 0.337 e. The summed E-state index contributed by atoms with van der Waals surface area (Å²) in [5.41, 5.74) is 1.73. The van der Waals surface area contributed by atoms with Gasteiger partial charge in [0.05, 0.1) is 36.5 Å². The summed E-state index contributed by atoms with van der Waals surface area (Å²) >= 11 is 6.52. The predicted octanol–water partition coefficient (Wildman–Crippen LogP) is 1.07. The molecule has 2 heterocycles. The molecule has 3 rings (SSSR count). The van der Waals surface area contributed by atoms with Gasteiger partial charge in [-0.3, -0.25) is 9.59 Å². The smallest absolute Gasteiger partial charge is 0.337 e. The minimum Gasteiger partial charge on any atom is -0.466 e. The fourth-order valence-electron chi connectivity index (χ4n) is 3.75. The number of hydrogen-bond donors (Lipinski definition) is 2. The second-order valence-electron chi connectivity index (χ2n) is 7.31. The molecule has 2 amide bonds. The van der Waals surface area contributed by atoms with Gasteiger partial charge in [0.2, 0.25) is 5.91 Å². The third-order valence-corrected chi connectivity index (χ3v) is 5.75. The summed E-state index contributed by atoms with van der Waals surface area (Å²) < 4.78 is 4.79. The highest BCUT2D eigenvalue weighted by atomic mass is 35.5. The number of ether oxygens (including phenoxy) is 1. The van der Waals surface area contributed by atoms with Crippen LogP contribution < -0.4 is 10.2 Å². The van der Waals surface area contributed by atoms with Crippen molar-refractivity contribution in [3.05, 3.63) is 34.5 Å². The number of carbonyl (C=O) groups excluding carboxylic acids is 3. The van der Waals surface area contributed by atoms with Crippen LogP contribution in [0.25, 0.3) is 0 Å².